The molecule has 0 saturated heterocycles. The minimum atomic E-state index is -3.59. The van der Waals surface area contributed by atoms with Crippen LogP contribution in [0.3, 0.4) is 0 Å². The molecular formula is C9H12FNO3S. The van der Waals surface area contributed by atoms with Gasteiger partial charge in [-0.3, -0.25) is 0 Å². The quantitative estimate of drug-likeness (QED) is 0.797. The second kappa shape index (κ2) is 4.06. The van der Waals surface area contributed by atoms with Crippen LogP contribution in [0.25, 0.3) is 0 Å². The second-order valence-corrected chi connectivity index (χ2v) is 5.17. The van der Waals surface area contributed by atoms with Gasteiger partial charge in [-0.05, 0) is 0 Å². The molecule has 0 bridgehead atoms. The molecule has 0 radical (unpaired) electrons. The molecule has 0 heterocycles. The van der Waals surface area contributed by atoms with Crippen molar-refractivity contribution < 1.29 is 17.5 Å². The van der Waals surface area contributed by atoms with Crippen molar-refractivity contribution >= 4 is 15.5 Å². The first-order chi connectivity index (χ1) is 6.92. The van der Waals surface area contributed by atoms with Crippen molar-refractivity contribution in [1.29, 1.82) is 0 Å². The van der Waals surface area contributed by atoms with Gasteiger partial charge >= 0.3 is 0 Å². The zero-order chi connectivity index (χ0) is 11.6. The van der Waals surface area contributed by atoms with Gasteiger partial charge in [-0.1, -0.05) is 6.92 Å². The fourth-order valence-corrected chi connectivity index (χ4v) is 2.07. The molecule has 0 aliphatic carbocycles. The van der Waals surface area contributed by atoms with E-state index in [-0.39, 0.29) is 22.1 Å². The maximum atomic E-state index is 13.3. The lowest BCUT2D eigenvalue weighted by atomic mass is 10.3. The van der Waals surface area contributed by atoms with Crippen LogP contribution in [0.2, 0.25) is 0 Å². The number of hydrogen-bond acceptors (Lipinski definition) is 4. The standard InChI is InChI=1S/C9H12FNO3S/c1-3-15(12,13)9-5-8(14-2)7(11)4-6(9)10/h4-5H,3,11H2,1-2H3. The van der Waals surface area contributed by atoms with E-state index in [9.17, 15) is 12.8 Å². The Labute approximate surface area is 87.8 Å². The molecule has 0 fully saturated rings. The lowest BCUT2D eigenvalue weighted by molar-refractivity contribution is 0.413. The maximum Gasteiger partial charge on any atom is 0.181 e. The van der Waals surface area contributed by atoms with E-state index in [2.05, 4.69) is 0 Å². The monoisotopic (exact) mass is 233 g/mol. The molecule has 15 heavy (non-hydrogen) atoms. The van der Waals surface area contributed by atoms with Crippen LogP contribution >= 0.6 is 0 Å². The van der Waals surface area contributed by atoms with E-state index in [0.717, 1.165) is 12.1 Å². The predicted molar refractivity (Wildman–Crippen MR) is 55.1 cm³/mol. The van der Waals surface area contributed by atoms with Crippen molar-refractivity contribution in [1.82, 2.24) is 0 Å². The van der Waals surface area contributed by atoms with Gasteiger partial charge in [-0.2, -0.15) is 0 Å². The van der Waals surface area contributed by atoms with Crippen molar-refractivity contribution in [2.75, 3.05) is 18.6 Å². The summed E-state index contributed by atoms with van der Waals surface area (Å²) in [4.78, 5) is -0.379. The smallest absolute Gasteiger partial charge is 0.181 e. The van der Waals surface area contributed by atoms with Gasteiger partial charge < -0.3 is 10.5 Å². The molecule has 0 spiro atoms. The normalized spacial score (nSPS) is 11.4. The van der Waals surface area contributed by atoms with Gasteiger partial charge in [0.1, 0.15) is 16.5 Å². The molecule has 84 valence electrons. The molecule has 0 aliphatic rings. The number of rotatable bonds is 3. The molecule has 0 aromatic heterocycles. The van der Waals surface area contributed by atoms with Crippen LogP contribution in [-0.4, -0.2) is 21.3 Å². The van der Waals surface area contributed by atoms with E-state index in [1.165, 1.54) is 14.0 Å². The van der Waals surface area contributed by atoms with Gasteiger partial charge in [0.05, 0.1) is 18.6 Å². The summed E-state index contributed by atoms with van der Waals surface area (Å²) in [6, 6.07) is 2.05. The summed E-state index contributed by atoms with van der Waals surface area (Å²) in [7, 11) is -2.25. The number of hydrogen-bond donors (Lipinski definition) is 1. The van der Waals surface area contributed by atoms with E-state index in [1.807, 2.05) is 0 Å². The summed E-state index contributed by atoms with van der Waals surface area (Å²) in [6.07, 6.45) is 0. The van der Waals surface area contributed by atoms with Gasteiger partial charge in [0.25, 0.3) is 0 Å². The predicted octanol–water partition coefficient (Wildman–Crippen LogP) is 1.21. The summed E-state index contributed by atoms with van der Waals surface area (Å²) in [5.74, 6) is -0.865. The molecular weight excluding hydrogens is 221 g/mol. The van der Waals surface area contributed by atoms with Gasteiger partial charge in [0, 0.05) is 12.1 Å². The molecule has 2 N–H and O–H groups in total. The Morgan fingerprint density at radius 3 is 2.53 bits per heavy atom. The Kier molecular flexibility index (Phi) is 3.18. The Bertz CT molecular complexity index is 470. The average molecular weight is 233 g/mol. The van der Waals surface area contributed by atoms with E-state index in [1.54, 1.807) is 0 Å². The van der Waals surface area contributed by atoms with Crippen LogP contribution < -0.4 is 10.5 Å². The van der Waals surface area contributed by atoms with Crippen molar-refractivity contribution in [2.24, 2.45) is 0 Å². The minimum Gasteiger partial charge on any atom is -0.495 e. The Balaban J connectivity index is 3.44. The fraction of sp³-hybridized carbons (Fsp3) is 0.333. The maximum absolute atomic E-state index is 13.3. The Morgan fingerprint density at radius 1 is 1.47 bits per heavy atom. The van der Waals surface area contributed by atoms with Crippen molar-refractivity contribution in [3.05, 3.63) is 17.9 Å². The van der Waals surface area contributed by atoms with E-state index in [4.69, 9.17) is 10.5 Å². The molecule has 1 aromatic carbocycles. The van der Waals surface area contributed by atoms with Crippen LogP contribution in [0.5, 0.6) is 5.75 Å². The molecule has 1 aromatic rings. The van der Waals surface area contributed by atoms with Crippen molar-refractivity contribution in [2.45, 2.75) is 11.8 Å². The fourth-order valence-electron chi connectivity index (χ4n) is 1.12. The third-order valence-corrected chi connectivity index (χ3v) is 3.74. The molecule has 0 aliphatic heterocycles. The van der Waals surface area contributed by atoms with E-state index >= 15 is 0 Å². The van der Waals surface area contributed by atoms with Crippen LogP contribution in [0.15, 0.2) is 17.0 Å². The number of halogens is 1. The summed E-state index contributed by atoms with van der Waals surface area (Å²) in [6.45, 7) is 1.44. The zero-order valence-electron chi connectivity index (χ0n) is 8.45. The largest absolute Gasteiger partial charge is 0.495 e. The number of nitrogens with two attached hydrogens (primary N) is 1. The summed E-state index contributed by atoms with van der Waals surface area (Å²) >= 11 is 0. The zero-order valence-corrected chi connectivity index (χ0v) is 9.27. The highest BCUT2D eigenvalue weighted by Gasteiger charge is 2.19. The lowest BCUT2D eigenvalue weighted by Crippen LogP contribution is -2.07. The minimum absolute atomic E-state index is 0.0741. The molecule has 0 atom stereocenters. The first-order valence-electron chi connectivity index (χ1n) is 4.28. The molecule has 1 rings (SSSR count). The number of nitrogen functional groups attached to an aromatic ring is 1. The number of ether oxygens (including phenoxy) is 1. The van der Waals surface area contributed by atoms with Crippen LogP contribution in [0.4, 0.5) is 10.1 Å². The van der Waals surface area contributed by atoms with Crippen molar-refractivity contribution in [3.63, 3.8) is 0 Å². The van der Waals surface area contributed by atoms with Crippen LogP contribution in [-0.2, 0) is 9.84 Å². The molecule has 0 unspecified atom stereocenters. The van der Waals surface area contributed by atoms with Crippen molar-refractivity contribution in [3.8, 4) is 5.75 Å². The highest BCUT2D eigenvalue weighted by atomic mass is 32.2. The summed E-state index contributed by atoms with van der Waals surface area (Å²) < 4.78 is 41.1. The molecule has 0 amide bonds. The highest BCUT2D eigenvalue weighted by Crippen LogP contribution is 2.28. The summed E-state index contributed by atoms with van der Waals surface area (Å²) in [5, 5.41) is 0. The van der Waals surface area contributed by atoms with E-state index < -0.39 is 15.7 Å². The molecule has 0 saturated carbocycles. The third-order valence-electron chi connectivity index (χ3n) is 2.00. The van der Waals surface area contributed by atoms with Crippen LogP contribution in [0.1, 0.15) is 6.92 Å². The highest BCUT2D eigenvalue weighted by molar-refractivity contribution is 7.91. The first-order valence-corrected chi connectivity index (χ1v) is 5.93. The summed E-state index contributed by atoms with van der Waals surface area (Å²) in [5.41, 5.74) is 5.50. The SMILES string of the molecule is CCS(=O)(=O)c1cc(OC)c(N)cc1F. The second-order valence-electron chi connectivity index (χ2n) is 2.93. The number of anilines is 1. The van der Waals surface area contributed by atoms with Gasteiger partial charge in [0.15, 0.2) is 9.84 Å². The topological polar surface area (TPSA) is 69.4 Å². The first kappa shape index (κ1) is 11.8. The number of sulfone groups is 1. The van der Waals surface area contributed by atoms with E-state index in [0.29, 0.717) is 0 Å². The Hall–Kier alpha value is -1.30. The van der Waals surface area contributed by atoms with Gasteiger partial charge in [-0.15, -0.1) is 0 Å². The molecule has 6 heteroatoms. The Morgan fingerprint density at radius 2 is 2.07 bits per heavy atom. The third kappa shape index (κ3) is 2.20. The van der Waals surface area contributed by atoms with Crippen LogP contribution in [0, 0.1) is 5.82 Å². The van der Waals surface area contributed by atoms with Gasteiger partial charge in [0.2, 0.25) is 0 Å². The molecule has 4 nitrogen and oxygen atoms in total. The lowest BCUT2D eigenvalue weighted by Gasteiger charge is -2.08. The number of benzene rings is 1. The van der Waals surface area contributed by atoms with Gasteiger partial charge in [-0.25, -0.2) is 12.8 Å². The number of methoxy groups -OCH3 is 1. The average Bonchev–Trinajstić information content (AvgIpc) is 2.17.